The van der Waals surface area contributed by atoms with Gasteiger partial charge in [-0.3, -0.25) is 4.79 Å². The quantitative estimate of drug-likeness (QED) is 0.434. The summed E-state index contributed by atoms with van der Waals surface area (Å²) in [5.41, 5.74) is 1.38. The third-order valence-electron chi connectivity index (χ3n) is 3.67. The molecule has 2 aromatic rings. The van der Waals surface area contributed by atoms with Crippen molar-refractivity contribution in [1.82, 2.24) is 0 Å². The summed E-state index contributed by atoms with van der Waals surface area (Å²) in [6, 6.07) is 16.1. The SMILES string of the molecule is CCCCOc1ccc(NC(=O)/C(C#N)=C/c2ccc(OC)cc2)cc1. The number of anilines is 1. The Balaban J connectivity index is 2.02. The predicted molar refractivity (Wildman–Crippen MR) is 102 cm³/mol. The number of nitriles is 1. The number of nitrogens with zero attached hydrogens (tertiary/aromatic N) is 1. The van der Waals surface area contributed by atoms with E-state index in [4.69, 9.17) is 9.47 Å². The van der Waals surface area contributed by atoms with Crippen molar-refractivity contribution in [1.29, 1.82) is 5.26 Å². The van der Waals surface area contributed by atoms with E-state index < -0.39 is 5.91 Å². The number of hydrogen-bond acceptors (Lipinski definition) is 4. The van der Waals surface area contributed by atoms with Gasteiger partial charge in [-0.25, -0.2) is 0 Å². The van der Waals surface area contributed by atoms with E-state index in [1.807, 2.05) is 6.07 Å². The molecule has 0 atom stereocenters. The number of ether oxygens (including phenoxy) is 2. The largest absolute Gasteiger partial charge is 0.497 e. The minimum absolute atomic E-state index is 0.0263. The Kier molecular flexibility index (Phi) is 7.26. The topological polar surface area (TPSA) is 71.3 Å². The molecule has 0 aromatic heterocycles. The van der Waals surface area contributed by atoms with Crippen LogP contribution in [0.25, 0.3) is 6.08 Å². The number of rotatable bonds is 8. The van der Waals surface area contributed by atoms with Gasteiger partial charge in [0.2, 0.25) is 0 Å². The van der Waals surface area contributed by atoms with Crippen molar-refractivity contribution in [2.24, 2.45) is 0 Å². The van der Waals surface area contributed by atoms with Crippen LogP contribution in [-0.4, -0.2) is 19.6 Å². The van der Waals surface area contributed by atoms with E-state index in [1.165, 1.54) is 6.08 Å². The number of methoxy groups -OCH3 is 1. The maximum absolute atomic E-state index is 12.3. The van der Waals surface area contributed by atoms with Crippen LogP contribution in [0.2, 0.25) is 0 Å². The minimum Gasteiger partial charge on any atom is -0.497 e. The number of unbranched alkanes of at least 4 members (excludes halogenated alkanes) is 1. The van der Waals surface area contributed by atoms with E-state index in [2.05, 4.69) is 12.2 Å². The van der Waals surface area contributed by atoms with Gasteiger partial charge < -0.3 is 14.8 Å². The van der Waals surface area contributed by atoms with Crippen LogP contribution in [0.4, 0.5) is 5.69 Å². The molecule has 0 spiro atoms. The van der Waals surface area contributed by atoms with Crippen molar-refractivity contribution in [2.45, 2.75) is 19.8 Å². The first-order valence-electron chi connectivity index (χ1n) is 8.46. The molecule has 134 valence electrons. The van der Waals surface area contributed by atoms with Gasteiger partial charge in [0, 0.05) is 5.69 Å². The Morgan fingerprint density at radius 2 is 1.77 bits per heavy atom. The summed E-state index contributed by atoms with van der Waals surface area (Å²) < 4.78 is 10.7. The highest BCUT2D eigenvalue weighted by atomic mass is 16.5. The maximum atomic E-state index is 12.3. The molecule has 2 aromatic carbocycles. The third kappa shape index (κ3) is 5.67. The molecule has 0 aliphatic heterocycles. The molecule has 0 saturated carbocycles. The molecule has 5 nitrogen and oxygen atoms in total. The Morgan fingerprint density at radius 3 is 2.35 bits per heavy atom. The molecule has 0 heterocycles. The first-order valence-corrected chi connectivity index (χ1v) is 8.46. The van der Waals surface area contributed by atoms with E-state index in [1.54, 1.807) is 55.6 Å². The average molecular weight is 350 g/mol. The summed E-state index contributed by atoms with van der Waals surface area (Å²) in [5, 5.41) is 12.0. The van der Waals surface area contributed by atoms with Crippen LogP contribution in [0.1, 0.15) is 25.3 Å². The molecule has 0 aliphatic rings. The second-order valence-electron chi connectivity index (χ2n) is 5.62. The van der Waals surface area contributed by atoms with Crippen LogP contribution in [0.3, 0.4) is 0 Å². The van der Waals surface area contributed by atoms with Gasteiger partial charge in [0.1, 0.15) is 23.1 Å². The molecule has 1 amide bonds. The predicted octanol–water partition coefficient (Wildman–Crippen LogP) is 4.42. The summed E-state index contributed by atoms with van der Waals surface area (Å²) in [7, 11) is 1.58. The van der Waals surface area contributed by atoms with E-state index in [0.717, 1.165) is 24.2 Å². The highest BCUT2D eigenvalue weighted by Gasteiger charge is 2.09. The zero-order chi connectivity index (χ0) is 18.8. The summed E-state index contributed by atoms with van der Waals surface area (Å²) in [5.74, 6) is 1.01. The summed E-state index contributed by atoms with van der Waals surface area (Å²) in [6.45, 7) is 2.78. The molecule has 1 N–H and O–H groups in total. The normalized spacial score (nSPS) is 10.7. The molecule has 0 unspecified atom stereocenters. The number of amides is 1. The van der Waals surface area contributed by atoms with Gasteiger partial charge in [0.05, 0.1) is 13.7 Å². The zero-order valence-electron chi connectivity index (χ0n) is 15.0. The van der Waals surface area contributed by atoms with Crippen LogP contribution in [0, 0.1) is 11.3 Å². The van der Waals surface area contributed by atoms with Crippen LogP contribution >= 0.6 is 0 Å². The molecular formula is C21H22N2O3. The van der Waals surface area contributed by atoms with Crippen LogP contribution < -0.4 is 14.8 Å². The Bertz CT molecular complexity index is 788. The van der Waals surface area contributed by atoms with Crippen LogP contribution in [-0.2, 0) is 4.79 Å². The first-order chi connectivity index (χ1) is 12.7. The lowest BCUT2D eigenvalue weighted by Crippen LogP contribution is -2.13. The van der Waals surface area contributed by atoms with Crippen molar-refractivity contribution in [3.05, 3.63) is 59.7 Å². The Morgan fingerprint density at radius 1 is 1.12 bits per heavy atom. The fraction of sp³-hybridized carbons (Fsp3) is 0.238. The smallest absolute Gasteiger partial charge is 0.266 e. The molecule has 0 bridgehead atoms. The van der Waals surface area contributed by atoms with Crippen molar-refractivity contribution in [3.63, 3.8) is 0 Å². The highest BCUT2D eigenvalue weighted by molar-refractivity contribution is 6.09. The van der Waals surface area contributed by atoms with Crippen LogP contribution in [0.5, 0.6) is 11.5 Å². The number of carbonyl (C=O) groups is 1. The lowest BCUT2D eigenvalue weighted by atomic mass is 10.1. The third-order valence-corrected chi connectivity index (χ3v) is 3.67. The number of benzene rings is 2. The number of carbonyl (C=O) groups excluding carboxylic acids is 1. The summed E-state index contributed by atoms with van der Waals surface area (Å²) in [6.07, 6.45) is 3.61. The average Bonchev–Trinajstić information content (AvgIpc) is 2.68. The van der Waals surface area contributed by atoms with Gasteiger partial charge in [0.15, 0.2) is 0 Å². The standard InChI is InChI=1S/C21H22N2O3/c1-3-4-13-26-20-11-7-18(8-12-20)23-21(24)17(15-22)14-16-5-9-19(25-2)10-6-16/h5-12,14H,3-4,13H2,1-2H3,(H,23,24)/b17-14+. The number of nitrogens with one attached hydrogen (secondary N) is 1. The van der Waals surface area contributed by atoms with Gasteiger partial charge in [-0.2, -0.15) is 5.26 Å². The van der Waals surface area contributed by atoms with Crippen molar-refractivity contribution in [2.75, 3.05) is 19.0 Å². The molecule has 2 rings (SSSR count). The van der Waals surface area contributed by atoms with Gasteiger partial charge in [-0.15, -0.1) is 0 Å². The molecule has 26 heavy (non-hydrogen) atoms. The fourth-order valence-corrected chi connectivity index (χ4v) is 2.18. The fourth-order valence-electron chi connectivity index (χ4n) is 2.18. The molecule has 0 aliphatic carbocycles. The first kappa shape index (κ1) is 19.1. The van der Waals surface area contributed by atoms with E-state index in [0.29, 0.717) is 18.0 Å². The van der Waals surface area contributed by atoms with Crippen molar-refractivity contribution in [3.8, 4) is 17.6 Å². The lowest BCUT2D eigenvalue weighted by Gasteiger charge is -2.08. The maximum Gasteiger partial charge on any atom is 0.266 e. The van der Waals surface area contributed by atoms with Gasteiger partial charge >= 0.3 is 0 Å². The molecular weight excluding hydrogens is 328 g/mol. The lowest BCUT2D eigenvalue weighted by molar-refractivity contribution is -0.112. The van der Waals surface area contributed by atoms with Gasteiger partial charge in [0.25, 0.3) is 5.91 Å². The number of hydrogen-bond donors (Lipinski definition) is 1. The second-order valence-corrected chi connectivity index (χ2v) is 5.62. The molecule has 5 heteroatoms. The molecule has 0 radical (unpaired) electrons. The summed E-state index contributed by atoms with van der Waals surface area (Å²) >= 11 is 0. The monoisotopic (exact) mass is 350 g/mol. The Labute approximate surface area is 153 Å². The zero-order valence-corrected chi connectivity index (χ0v) is 15.0. The van der Waals surface area contributed by atoms with E-state index in [9.17, 15) is 10.1 Å². The second kappa shape index (κ2) is 9.90. The van der Waals surface area contributed by atoms with Crippen LogP contribution in [0.15, 0.2) is 54.1 Å². The van der Waals surface area contributed by atoms with Gasteiger partial charge in [-0.1, -0.05) is 25.5 Å². The van der Waals surface area contributed by atoms with E-state index >= 15 is 0 Å². The Hall–Kier alpha value is -3.26. The molecule has 0 saturated heterocycles. The van der Waals surface area contributed by atoms with Gasteiger partial charge in [-0.05, 0) is 54.5 Å². The highest BCUT2D eigenvalue weighted by Crippen LogP contribution is 2.18. The van der Waals surface area contributed by atoms with Crippen molar-refractivity contribution < 1.29 is 14.3 Å². The molecule has 0 fully saturated rings. The summed E-state index contributed by atoms with van der Waals surface area (Å²) in [4.78, 5) is 12.3. The minimum atomic E-state index is -0.456. The van der Waals surface area contributed by atoms with E-state index in [-0.39, 0.29) is 5.57 Å². The van der Waals surface area contributed by atoms with Crippen molar-refractivity contribution >= 4 is 17.7 Å².